The average molecular weight is 458 g/mol. The van der Waals surface area contributed by atoms with Crippen molar-refractivity contribution in [1.29, 1.82) is 0 Å². The van der Waals surface area contributed by atoms with Crippen molar-refractivity contribution in [2.45, 2.75) is 20.4 Å². The summed E-state index contributed by atoms with van der Waals surface area (Å²) in [5.74, 6) is -0.374. The fraction of sp³-hybridized carbons (Fsp3) is 0.158. The van der Waals surface area contributed by atoms with E-state index in [-0.39, 0.29) is 5.82 Å². The Morgan fingerprint density at radius 3 is 2.54 bits per heavy atom. The number of aryl methyl sites for hydroxylation is 1. The van der Waals surface area contributed by atoms with Crippen molar-refractivity contribution in [3.63, 3.8) is 0 Å². The molecule has 1 heterocycles. The van der Waals surface area contributed by atoms with Gasteiger partial charge in [0.2, 0.25) is 0 Å². The van der Waals surface area contributed by atoms with Crippen LogP contribution in [0.2, 0.25) is 15.1 Å². The Hall–Kier alpha value is -1.86. The molecule has 0 fully saturated rings. The molecular formula is C19H16Cl3FN4S. The summed E-state index contributed by atoms with van der Waals surface area (Å²) in [4.78, 5) is 0. The first-order chi connectivity index (χ1) is 13.2. The van der Waals surface area contributed by atoms with Gasteiger partial charge in [-0.25, -0.2) is 4.39 Å². The van der Waals surface area contributed by atoms with Crippen LogP contribution in [-0.4, -0.2) is 14.9 Å². The van der Waals surface area contributed by atoms with E-state index in [0.29, 0.717) is 32.4 Å². The molecular weight excluding hydrogens is 442 g/mol. The highest BCUT2D eigenvalue weighted by molar-refractivity contribution is 7.80. The van der Waals surface area contributed by atoms with E-state index in [1.165, 1.54) is 12.1 Å². The van der Waals surface area contributed by atoms with Gasteiger partial charge in [0.05, 0.1) is 34.3 Å². The van der Waals surface area contributed by atoms with E-state index in [1.807, 2.05) is 13.8 Å². The van der Waals surface area contributed by atoms with E-state index in [1.54, 1.807) is 28.9 Å². The van der Waals surface area contributed by atoms with Gasteiger partial charge in [0.25, 0.3) is 0 Å². The molecule has 0 unspecified atom stereocenters. The monoisotopic (exact) mass is 456 g/mol. The molecule has 0 saturated carbocycles. The largest absolute Gasteiger partial charge is 0.331 e. The van der Waals surface area contributed by atoms with Crippen LogP contribution in [0.4, 0.5) is 15.8 Å². The second kappa shape index (κ2) is 8.66. The first-order valence-corrected chi connectivity index (χ1v) is 9.80. The van der Waals surface area contributed by atoms with Crippen molar-refractivity contribution in [3.05, 3.63) is 74.2 Å². The fourth-order valence-corrected chi connectivity index (χ4v) is 3.48. The van der Waals surface area contributed by atoms with E-state index in [2.05, 4.69) is 15.7 Å². The highest BCUT2D eigenvalue weighted by Crippen LogP contribution is 2.27. The van der Waals surface area contributed by atoms with Crippen LogP contribution in [0.15, 0.2) is 36.4 Å². The molecule has 0 amide bonds. The smallest absolute Gasteiger partial charge is 0.175 e. The molecule has 28 heavy (non-hydrogen) atoms. The number of halogens is 4. The molecule has 0 bridgehead atoms. The Labute approximate surface area is 182 Å². The number of aromatic nitrogens is 2. The molecule has 0 aliphatic carbocycles. The summed E-state index contributed by atoms with van der Waals surface area (Å²) in [5.41, 5.74) is 3.77. The molecule has 0 atom stereocenters. The zero-order valence-electron chi connectivity index (χ0n) is 15.0. The lowest BCUT2D eigenvalue weighted by atomic mass is 10.2. The van der Waals surface area contributed by atoms with Crippen molar-refractivity contribution in [1.82, 2.24) is 9.78 Å². The zero-order valence-corrected chi connectivity index (χ0v) is 18.1. The predicted octanol–water partition coefficient (Wildman–Crippen LogP) is 6.46. The van der Waals surface area contributed by atoms with Crippen LogP contribution in [0, 0.1) is 19.7 Å². The summed E-state index contributed by atoms with van der Waals surface area (Å²) in [5, 5.41) is 12.5. The zero-order chi connectivity index (χ0) is 20.4. The number of nitrogens with zero attached hydrogens (tertiary/aromatic N) is 2. The molecule has 1 aromatic heterocycles. The van der Waals surface area contributed by atoms with Gasteiger partial charge >= 0.3 is 0 Å². The summed E-state index contributed by atoms with van der Waals surface area (Å²) in [6.45, 7) is 4.19. The molecule has 0 radical (unpaired) electrons. The maximum absolute atomic E-state index is 13.3. The van der Waals surface area contributed by atoms with Crippen LogP contribution in [0.3, 0.4) is 0 Å². The van der Waals surface area contributed by atoms with E-state index in [9.17, 15) is 4.39 Å². The van der Waals surface area contributed by atoms with E-state index < -0.39 is 0 Å². The highest BCUT2D eigenvalue weighted by atomic mass is 35.5. The summed E-state index contributed by atoms with van der Waals surface area (Å²) < 4.78 is 15.0. The number of hydrogen-bond acceptors (Lipinski definition) is 2. The number of rotatable bonds is 4. The number of thiocarbonyl (C=S) groups is 1. The van der Waals surface area contributed by atoms with Crippen LogP contribution in [-0.2, 0) is 6.54 Å². The lowest BCUT2D eigenvalue weighted by Crippen LogP contribution is -2.20. The summed E-state index contributed by atoms with van der Waals surface area (Å²) in [6.07, 6.45) is 0. The van der Waals surface area contributed by atoms with E-state index in [4.69, 9.17) is 47.0 Å². The predicted molar refractivity (Wildman–Crippen MR) is 119 cm³/mol. The Morgan fingerprint density at radius 2 is 1.82 bits per heavy atom. The highest BCUT2D eigenvalue weighted by Gasteiger charge is 2.15. The van der Waals surface area contributed by atoms with Crippen LogP contribution in [0.1, 0.15) is 17.0 Å². The summed E-state index contributed by atoms with van der Waals surface area (Å²) in [7, 11) is 0. The number of nitrogens with one attached hydrogen (secondary N) is 2. The molecule has 0 spiro atoms. The normalized spacial score (nSPS) is 10.8. The number of anilines is 2. The molecule has 2 aromatic carbocycles. The maximum atomic E-state index is 13.3. The van der Waals surface area contributed by atoms with Gasteiger partial charge in [-0.2, -0.15) is 5.10 Å². The first-order valence-electron chi connectivity index (χ1n) is 8.25. The molecule has 4 nitrogen and oxygen atoms in total. The first kappa shape index (κ1) is 20.9. The molecule has 3 rings (SSSR count). The summed E-state index contributed by atoms with van der Waals surface area (Å²) >= 11 is 23.7. The Kier molecular flexibility index (Phi) is 6.45. The Morgan fingerprint density at radius 1 is 1.07 bits per heavy atom. The minimum absolute atomic E-state index is 0.356. The Bertz CT molecular complexity index is 1050. The van der Waals surface area contributed by atoms with Crippen molar-refractivity contribution in [2.24, 2.45) is 0 Å². The van der Waals surface area contributed by atoms with Gasteiger partial charge in [-0.3, -0.25) is 4.68 Å². The molecule has 3 aromatic rings. The van der Waals surface area contributed by atoms with Gasteiger partial charge in [0.1, 0.15) is 5.82 Å². The quantitative estimate of drug-likeness (QED) is 0.441. The fourth-order valence-electron chi connectivity index (χ4n) is 2.70. The van der Waals surface area contributed by atoms with Gasteiger partial charge < -0.3 is 10.6 Å². The number of benzene rings is 2. The minimum atomic E-state index is -0.374. The number of hydrogen-bond donors (Lipinski definition) is 2. The van der Waals surface area contributed by atoms with Crippen molar-refractivity contribution in [3.8, 4) is 0 Å². The van der Waals surface area contributed by atoms with Crippen LogP contribution >= 0.6 is 47.0 Å². The van der Waals surface area contributed by atoms with Crippen LogP contribution in [0.25, 0.3) is 0 Å². The molecule has 146 valence electrons. The standard InChI is InChI=1S/C19H16Cl3FN4S/c1-10-18(25-19(28)24-17-7-13(20)4-6-15(17)21)11(2)27(26-10)9-12-3-5-14(23)8-16(12)22/h3-8H,9H2,1-2H3,(H2,24,25,28). The van der Waals surface area contributed by atoms with Crippen LogP contribution < -0.4 is 10.6 Å². The van der Waals surface area contributed by atoms with Gasteiger partial charge in [0.15, 0.2) is 5.11 Å². The lowest BCUT2D eigenvalue weighted by molar-refractivity contribution is 0.622. The van der Waals surface area contributed by atoms with Gasteiger partial charge in [0, 0.05) is 10.0 Å². The maximum Gasteiger partial charge on any atom is 0.175 e. The summed E-state index contributed by atoms with van der Waals surface area (Å²) in [6, 6.07) is 9.39. The molecule has 0 saturated heterocycles. The van der Waals surface area contributed by atoms with Crippen molar-refractivity contribution >= 4 is 63.5 Å². The second-order valence-corrected chi connectivity index (χ2v) is 7.80. The van der Waals surface area contributed by atoms with Crippen LogP contribution in [0.5, 0.6) is 0 Å². The van der Waals surface area contributed by atoms with E-state index >= 15 is 0 Å². The van der Waals surface area contributed by atoms with Gasteiger partial charge in [-0.05, 0) is 62.0 Å². The molecule has 9 heteroatoms. The van der Waals surface area contributed by atoms with Crippen molar-refractivity contribution < 1.29 is 4.39 Å². The van der Waals surface area contributed by atoms with Gasteiger partial charge in [-0.15, -0.1) is 0 Å². The molecule has 0 aliphatic heterocycles. The molecule has 0 aliphatic rings. The third-order valence-electron chi connectivity index (χ3n) is 4.13. The lowest BCUT2D eigenvalue weighted by Gasteiger charge is -2.13. The third-order valence-corrected chi connectivity index (χ3v) is 5.25. The Balaban J connectivity index is 1.78. The van der Waals surface area contributed by atoms with Crippen molar-refractivity contribution in [2.75, 3.05) is 10.6 Å². The third kappa shape index (κ3) is 4.75. The second-order valence-electron chi connectivity index (χ2n) is 6.14. The topological polar surface area (TPSA) is 41.9 Å². The van der Waals surface area contributed by atoms with Gasteiger partial charge in [-0.1, -0.05) is 40.9 Å². The van der Waals surface area contributed by atoms with E-state index in [0.717, 1.165) is 22.6 Å². The average Bonchev–Trinajstić information content (AvgIpc) is 2.88. The SMILES string of the molecule is Cc1nn(Cc2ccc(F)cc2Cl)c(C)c1NC(=S)Nc1cc(Cl)ccc1Cl. The minimum Gasteiger partial charge on any atom is -0.331 e. The molecule has 2 N–H and O–H groups in total.